The molecule has 3 heterocycles. The van der Waals surface area contributed by atoms with E-state index < -0.39 is 11.7 Å². The molecule has 1 aromatic heterocycles. The zero-order valence-corrected chi connectivity index (χ0v) is 18.8. The second-order valence-electron chi connectivity index (χ2n) is 8.04. The molecule has 2 aliphatic heterocycles. The van der Waals surface area contributed by atoms with Gasteiger partial charge in [-0.25, -0.2) is 4.98 Å². The van der Waals surface area contributed by atoms with Crippen molar-refractivity contribution >= 4 is 28.3 Å². The number of nitrogens with one attached hydrogen (secondary N) is 1. The summed E-state index contributed by atoms with van der Waals surface area (Å²) in [5.41, 5.74) is 0.588. The summed E-state index contributed by atoms with van der Waals surface area (Å²) in [5.74, 6) is -0.185. The van der Waals surface area contributed by atoms with Gasteiger partial charge in [0.25, 0.3) is 0 Å². The minimum atomic E-state index is -4.40. The molecule has 1 atom stereocenters. The summed E-state index contributed by atoms with van der Waals surface area (Å²) in [7, 11) is 0. The number of ether oxygens (including phenoxy) is 1. The number of morpholine rings is 1. The number of carbonyl (C=O) groups excluding carboxylic acids is 2. The summed E-state index contributed by atoms with van der Waals surface area (Å²) >= 11 is 1.34. The van der Waals surface area contributed by atoms with Gasteiger partial charge in [0.1, 0.15) is 0 Å². The van der Waals surface area contributed by atoms with Crippen LogP contribution in [0.25, 0.3) is 0 Å². The molecular weight excluding hydrogens is 457 g/mol. The maximum absolute atomic E-state index is 12.9. The van der Waals surface area contributed by atoms with Crippen LogP contribution in [0, 0.1) is 0 Å². The molecule has 7 nitrogen and oxygen atoms in total. The summed E-state index contributed by atoms with van der Waals surface area (Å²) in [6.07, 6.45) is -3.00. The topological polar surface area (TPSA) is 74.8 Å². The summed E-state index contributed by atoms with van der Waals surface area (Å²) in [5, 5.41) is 5.28. The van der Waals surface area contributed by atoms with Gasteiger partial charge in [-0.1, -0.05) is 12.1 Å². The molecule has 1 unspecified atom stereocenters. The predicted molar refractivity (Wildman–Crippen MR) is 117 cm³/mol. The van der Waals surface area contributed by atoms with Crippen LogP contribution in [0.4, 0.5) is 18.3 Å². The fraction of sp³-hybridized carbons (Fsp3) is 0.500. The Balaban J connectivity index is 1.39. The number of thiazole rings is 1. The van der Waals surface area contributed by atoms with Gasteiger partial charge in [-0.15, -0.1) is 11.3 Å². The normalized spacial score (nSPS) is 18.5. The van der Waals surface area contributed by atoms with Crippen molar-refractivity contribution in [3.63, 3.8) is 0 Å². The number of benzene rings is 1. The monoisotopic (exact) mass is 482 g/mol. The number of alkyl halides is 3. The quantitative estimate of drug-likeness (QED) is 0.657. The van der Waals surface area contributed by atoms with Gasteiger partial charge in [-0.3, -0.25) is 19.4 Å². The maximum Gasteiger partial charge on any atom is 0.416 e. The molecule has 11 heteroatoms. The average molecular weight is 483 g/mol. The highest BCUT2D eigenvalue weighted by atomic mass is 32.1. The van der Waals surface area contributed by atoms with Crippen molar-refractivity contribution in [1.82, 2.24) is 15.2 Å². The first-order valence-corrected chi connectivity index (χ1v) is 11.7. The average Bonchev–Trinajstić information content (AvgIpc) is 3.43. The molecule has 0 bridgehead atoms. The molecule has 2 saturated heterocycles. The van der Waals surface area contributed by atoms with E-state index in [2.05, 4.69) is 15.2 Å². The Bertz CT molecular complexity index is 974. The van der Waals surface area contributed by atoms with Gasteiger partial charge < -0.3 is 10.1 Å². The lowest BCUT2D eigenvalue weighted by atomic mass is 10.0. The Kier molecular flexibility index (Phi) is 7.30. The minimum Gasteiger partial charge on any atom is -0.379 e. The molecule has 1 aromatic carbocycles. The molecule has 33 heavy (non-hydrogen) atoms. The Morgan fingerprint density at radius 3 is 2.55 bits per heavy atom. The SMILES string of the molecule is O=C(Cc1csc(N2CCCC2=O)n1)NCC(c1ccc(C(F)(F)F)cc1)N1CCOCC1. The third-order valence-electron chi connectivity index (χ3n) is 5.79. The summed E-state index contributed by atoms with van der Waals surface area (Å²) in [4.78, 5) is 32.6. The van der Waals surface area contributed by atoms with Crippen molar-refractivity contribution in [1.29, 1.82) is 0 Å². The van der Waals surface area contributed by atoms with Crippen molar-refractivity contribution in [2.24, 2.45) is 0 Å². The second kappa shape index (κ2) is 10.2. The van der Waals surface area contributed by atoms with Gasteiger partial charge in [-0.2, -0.15) is 13.2 Å². The number of hydrogen-bond acceptors (Lipinski definition) is 6. The van der Waals surface area contributed by atoms with Crippen molar-refractivity contribution in [2.75, 3.05) is 44.3 Å². The highest BCUT2D eigenvalue weighted by molar-refractivity contribution is 7.14. The molecule has 2 fully saturated rings. The van der Waals surface area contributed by atoms with E-state index in [0.717, 1.165) is 18.6 Å². The summed E-state index contributed by atoms with van der Waals surface area (Å²) < 4.78 is 44.2. The fourth-order valence-corrected chi connectivity index (χ4v) is 4.90. The Labute approximate surface area is 193 Å². The largest absolute Gasteiger partial charge is 0.416 e. The van der Waals surface area contributed by atoms with Crippen LogP contribution in [0.15, 0.2) is 29.6 Å². The molecule has 0 spiro atoms. The number of carbonyl (C=O) groups is 2. The maximum atomic E-state index is 12.9. The zero-order chi connectivity index (χ0) is 23.4. The van der Waals surface area contributed by atoms with E-state index in [0.29, 0.717) is 55.7 Å². The summed E-state index contributed by atoms with van der Waals surface area (Å²) in [6, 6.07) is 4.81. The van der Waals surface area contributed by atoms with E-state index in [4.69, 9.17) is 4.74 Å². The molecule has 0 radical (unpaired) electrons. The number of aromatic nitrogens is 1. The molecule has 0 aliphatic carbocycles. The van der Waals surface area contributed by atoms with E-state index in [9.17, 15) is 22.8 Å². The molecule has 178 valence electrons. The van der Waals surface area contributed by atoms with Gasteiger partial charge in [-0.05, 0) is 24.1 Å². The highest BCUT2D eigenvalue weighted by Gasteiger charge is 2.31. The molecule has 2 aromatic rings. The second-order valence-corrected chi connectivity index (χ2v) is 8.87. The number of hydrogen-bond donors (Lipinski definition) is 1. The number of nitrogens with zero attached hydrogens (tertiary/aromatic N) is 3. The Hall–Kier alpha value is -2.50. The van der Waals surface area contributed by atoms with Crippen molar-refractivity contribution in [3.8, 4) is 0 Å². The number of halogens is 3. The van der Waals surface area contributed by atoms with Crippen LogP contribution in [0.3, 0.4) is 0 Å². The van der Waals surface area contributed by atoms with Crippen LogP contribution >= 0.6 is 11.3 Å². The highest BCUT2D eigenvalue weighted by Crippen LogP contribution is 2.31. The number of amides is 2. The van der Waals surface area contributed by atoms with Gasteiger partial charge in [0.15, 0.2) is 5.13 Å². The van der Waals surface area contributed by atoms with Gasteiger partial charge in [0.2, 0.25) is 11.8 Å². The van der Waals surface area contributed by atoms with Gasteiger partial charge in [0.05, 0.1) is 36.9 Å². The minimum absolute atomic E-state index is 0.0465. The third-order valence-corrected chi connectivity index (χ3v) is 6.70. The van der Waals surface area contributed by atoms with Crippen LogP contribution < -0.4 is 10.2 Å². The first-order valence-electron chi connectivity index (χ1n) is 10.8. The molecular formula is C22H25F3N4O3S. The van der Waals surface area contributed by atoms with Crippen LogP contribution in [0.5, 0.6) is 0 Å². The lowest BCUT2D eigenvalue weighted by molar-refractivity contribution is -0.137. The molecule has 0 saturated carbocycles. The first kappa shape index (κ1) is 23.7. The third kappa shape index (κ3) is 5.90. The van der Waals surface area contributed by atoms with Crippen molar-refractivity contribution < 1.29 is 27.5 Å². The first-order chi connectivity index (χ1) is 15.8. The van der Waals surface area contributed by atoms with E-state index in [-0.39, 0.29) is 30.8 Å². The standard InChI is InChI=1S/C22H25F3N4O3S/c23-22(24,25)16-5-3-15(4-6-16)18(28-8-10-32-11-9-28)13-26-19(30)12-17-14-33-21(27-17)29-7-1-2-20(29)31/h3-6,14,18H,1-2,7-13H2,(H,26,30). The van der Waals surface area contributed by atoms with E-state index in [1.165, 1.54) is 23.5 Å². The fourth-order valence-electron chi connectivity index (χ4n) is 4.03. The lowest BCUT2D eigenvalue weighted by Gasteiger charge is -2.35. The van der Waals surface area contributed by atoms with Crippen molar-refractivity contribution in [3.05, 3.63) is 46.5 Å². The van der Waals surface area contributed by atoms with E-state index in [1.807, 2.05) is 0 Å². The smallest absolute Gasteiger partial charge is 0.379 e. The number of anilines is 1. The van der Waals surface area contributed by atoms with Crippen LogP contribution in [-0.4, -0.2) is 61.1 Å². The molecule has 2 amide bonds. The Morgan fingerprint density at radius 2 is 1.91 bits per heavy atom. The van der Waals surface area contributed by atoms with Gasteiger partial charge >= 0.3 is 6.18 Å². The molecule has 2 aliphatic rings. The summed E-state index contributed by atoms with van der Waals surface area (Å²) in [6.45, 7) is 3.21. The molecule has 1 N–H and O–H groups in total. The molecule has 4 rings (SSSR count). The van der Waals surface area contributed by atoms with E-state index >= 15 is 0 Å². The van der Waals surface area contributed by atoms with Crippen LogP contribution in [-0.2, 0) is 26.9 Å². The zero-order valence-electron chi connectivity index (χ0n) is 17.9. The lowest BCUT2D eigenvalue weighted by Crippen LogP contribution is -2.44. The van der Waals surface area contributed by atoms with Crippen LogP contribution in [0.1, 0.15) is 35.7 Å². The van der Waals surface area contributed by atoms with Gasteiger partial charge in [0, 0.05) is 38.0 Å². The van der Waals surface area contributed by atoms with Crippen LogP contribution in [0.2, 0.25) is 0 Å². The van der Waals surface area contributed by atoms with E-state index in [1.54, 1.807) is 10.3 Å². The van der Waals surface area contributed by atoms with Crippen molar-refractivity contribution in [2.45, 2.75) is 31.5 Å². The number of rotatable bonds is 7. The predicted octanol–water partition coefficient (Wildman–Crippen LogP) is 3.02. The Morgan fingerprint density at radius 1 is 1.18 bits per heavy atom.